The number of benzene rings is 1. The second kappa shape index (κ2) is 7.43. The Morgan fingerprint density at radius 3 is 2.13 bits per heavy atom. The molecule has 0 amide bonds. The molecule has 0 aliphatic carbocycles. The number of nitrogens with zero attached hydrogens (tertiary/aromatic N) is 1. The van der Waals surface area contributed by atoms with Crippen LogP contribution < -0.4 is 0 Å². The number of methoxy groups -OCH3 is 1. The third kappa shape index (κ3) is 5.55. The molecule has 0 atom stereocenters. The van der Waals surface area contributed by atoms with Crippen molar-refractivity contribution in [2.75, 3.05) is 26.9 Å². The van der Waals surface area contributed by atoms with E-state index >= 15 is 0 Å². The monoisotopic (exact) mass is 207 g/mol. The molecule has 1 heterocycles. The van der Waals surface area contributed by atoms with Crippen LogP contribution in [0.3, 0.4) is 0 Å². The average molecular weight is 207 g/mol. The fourth-order valence-corrected chi connectivity index (χ4v) is 1.63. The Balaban J connectivity index is 0.000000151. The van der Waals surface area contributed by atoms with Crippen molar-refractivity contribution in [1.82, 2.24) is 4.90 Å². The van der Waals surface area contributed by atoms with E-state index in [1.807, 2.05) is 18.2 Å². The van der Waals surface area contributed by atoms with Crippen molar-refractivity contribution in [3.05, 3.63) is 35.9 Å². The zero-order valence-electron chi connectivity index (χ0n) is 9.78. The first-order valence-corrected chi connectivity index (χ1v) is 5.56. The Hall–Kier alpha value is -0.860. The van der Waals surface area contributed by atoms with E-state index in [4.69, 9.17) is 4.74 Å². The Labute approximate surface area is 92.9 Å². The summed E-state index contributed by atoms with van der Waals surface area (Å²) in [5.74, 6) is 0. The summed E-state index contributed by atoms with van der Waals surface area (Å²) in [7, 11) is 1.75. The minimum atomic E-state index is 0.819. The van der Waals surface area contributed by atoms with Crippen LogP contribution in [0.2, 0.25) is 0 Å². The van der Waals surface area contributed by atoms with Crippen LogP contribution in [0.5, 0.6) is 0 Å². The fourth-order valence-electron chi connectivity index (χ4n) is 1.63. The minimum absolute atomic E-state index is 0.819. The third-order valence-electron chi connectivity index (χ3n) is 2.45. The SMILES string of the molecule is COCN1CCCC1.Cc1ccccc1. The lowest BCUT2D eigenvalue weighted by atomic mass is 10.2. The first-order chi connectivity index (χ1) is 7.33. The highest BCUT2D eigenvalue weighted by molar-refractivity contribution is 5.11. The van der Waals surface area contributed by atoms with Gasteiger partial charge in [-0.05, 0) is 19.8 Å². The van der Waals surface area contributed by atoms with Gasteiger partial charge in [-0.15, -0.1) is 0 Å². The number of rotatable bonds is 2. The highest BCUT2D eigenvalue weighted by atomic mass is 16.5. The Morgan fingerprint density at radius 1 is 1.13 bits per heavy atom. The molecule has 15 heavy (non-hydrogen) atoms. The van der Waals surface area contributed by atoms with E-state index in [-0.39, 0.29) is 0 Å². The number of likely N-dealkylation sites (tertiary alicyclic amines) is 1. The molecule has 2 rings (SSSR count). The van der Waals surface area contributed by atoms with Gasteiger partial charge in [-0.2, -0.15) is 0 Å². The lowest BCUT2D eigenvalue weighted by Crippen LogP contribution is -2.21. The summed E-state index contributed by atoms with van der Waals surface area (Å²) in [6, 6.07) is 10.3. The van der Waals surface area contributed by atoms with Crippen LogP contribution in [0.15, 0.2) is 30.3 Å². The molecular weight excluding hydrogens is 186 g/mol. The zero-order valence-corrected chi connectivity index (χ0v) is 9.78. The van der Waals surface area contributed by atoms with E-state index < -0.39 is 0 Å². The van der Waals surface area contributed by atoms with E-state index in [1.165, 1.54) is 31.5 Å². The predicted octanol–water partition coefficient (Wildman–Crippen LogP) is 2.68. The highest BCUT2D eigenvalue weighted by Crippen LogP contribution is 2.05. The maximum Gasteiger partial charge on any atom is 0.0986 e. The summed E-state index contributed by atoms with van der Waals surface area (Å²) in [5.41, 5.74) is 1.32. The fraction of sp³-hybridized carbons (Fsp3) is 0.538. The summed E-state index contributed by atoms with van der Waals surface area (Å²) in [4.78, 5) is 2.32. The van der Waals surface area contributed by atoms with Crippen LogP contribution in [0.1, 0.15) is 18.4 Å². The standard InChI is InChI=1S/C7H8.C6H13NO/c1-7-5-3-2-4-6-7;1-8-6-7-4-2-3-5-7/h2-6H,1H3;2-6H2,1H3. The molecule has 0 N–H and O–H groups in total. The van der Waals surface area contributed by atoms with Crippen LogP contribution in [0.4, 0.5) is 0 Å². The van der Waals surface area contributed by atoms with Crippen LogP contribution in [0.25, 0.3) is 0 Å². The van der Waals surface area contributed by atoms with Crippen molar-refractivity contribution in [2.24, 2.45) is 0 Å². The summed E-state index contributed by atoms with van der Waals surface area (Å²) in [5, 5.41) is 0. The van der Waals surface area contributed by atoms with Crippen molar-refractivity contribution in [3.8, 4) is 0 Å². The molecule has 1 aromatic carbocycles. The van der Waals surface area contributed by atoms with Gasteiger partial charge in [0, 0.05) is 20.2 Å². The van der Waals surface area contributed by atoms with E-state index in [0.717, 1.165) is 6.73 Å². The zero-order chi connectivity index (χ0) is 10.9. The van der Waals surface area contributed by atoms with Crippen molar-refractivity contribution < 1.29 is 4.74 Å². The van der Waals surface area contributed by atoms with Crippen LogP contribution in [-0.2, 0) is 4.74 Å². The van der Waals surface area contributed by atoms with Crippen molar-refractivity contribution in [3.63, 3.8) is 0 Å². The molecule has 1 aliphatic rings. The van der Waals surface area contributed by atoms with Gasteiger partial charge in [-0.25, -0.2) is 0 Å². The summed E-state index contributed by atoms with van der Waals surface area (Å²) in [6.07, 6.45) is 2.70. The Kier molecular flexibility index (Phi) is 6.05. The van der Waals surface area contributed by atoms with Crippen LogP contribution in [0, 0.1) is 6.92 Å². The summed E-state index contributed by atoms with van der Waals surface area (Å²) in [6.45, 7) is 5.36. The second-order valence-electron chi connectivity index (χ2n) is 3.90. The van der Waals surface area contributed by atoms with Crippen LogP contribution >= 0.6 is 0 Å². The van der Waals surface area contributed by atoms with E-state index in [9.17, 15) is 0 Å². The molecule has 1 aliphatic heterocycles. The predicted molar refractivity (Wildman–Crippen MR) is 63.9 cm³/mol. The van der Waals surface area contributed by atoms with E-state index in [2.05, 4.69) is 24.0 Å². The minimum Gasteiger partial charge on any atom is -0.369 e. The molecule has 1 fully saturated rings. The first kappa shape index (κ1) is 12.2. The van der Waals surface area contributed by atoms with Gasteiger partial charge in [0.25, 0.3) is 0 Å². The molecule has 1 aromatic rings. The molecular formula is C13H21NO. The van der Waals surface area contributed by atoms with E-state index in [0.29, 0.717) is 0 Å². The number of hydrogen-bond donors (Lipinski definition) is 0. The molecule has 0 aromatic heterocycles. The van der Waals surface area contributed by atoms with Gasteiger partial charge in [0.1, 0.15) is 0 Å². The molecule has 0 bridgehead atoms. The normalized spacial score (nSPS) is 15.9. The van der Waals surface area contributed by atoms with Crippen molar-refractivity contribution in [1.29, 1.82) is 0 Å². The van der Waals surface area contributed by atoms with Gasteiger partial charge >= 0.3 is 0 Å². The van der Waals surface area contributed by atoms with Crippen LogP contribution in [-0.4, -0.2) is 31.8 Å². The smallest absolute Gasteiger partial charge is 0.0986 e. The largest absolute Gasteiger partial charge is 0.369 e. The number of ether oxygens (including phenoxy) is 1. The number of aryl methyl sites for hydroxylation is 1. The lowest BCUT2D eigenvalue weighted by Gasteiger charge is -2.11. The molecule has 0 radical (unpaired) electrons. The molecule has 2 heteroatoms. The van der Waals surface area contributed by atoms with Gasteiger partial charge in [-0.3, -0.25) is 4.90 Å². The van der Waals surface area contributed by atoms with Gasteiger partial charge in [0.05, 0.1) is 6.73 Å². The quantitative estimate of drug-likeness (QED) is 0.739. The Bertz CT molecular complexity index is 242. The second-order valence-corrected chi connectivity index (χ2v) is 3.90. The first-order valence-electron chi connectivity index (χ1n) is 5.56. The molecule has 0 saturated carbocycles. The molecule has 2 nitrogen and oxygen atoms in total. The van der Waals surface area contributed by atoms with Crippen molar-refractivity contribution >= 4 is 0 Å². The molecule has 1 saturated heterocycles. The average Bonchev–Trinajstić information content (AvgIpc) is 2.73. The van der Waals surface area contributed by atoms with Crippen molar-refractivity contribution in [2.45, 2.75) is 19.8 Å². The van der Waals surface area contributed by atoms with Gasteiger partial charge in [-0.1, -0.05) is 35.9 Å². The number of hydrogen-bond acceptors (Lipinski definition) is 2. The summed E-state index contributed by atoms with van der Waals surface area (Å²) >= 11 is 0. The maximum absolute atomic E-state index is 4.95. The topological polar surface area (TPSA) is 12.5 Å². The maximum atomic E-state index is 4.95. The molecule has 84 valence electrons. The third-order valence-corrected chi connectivity index (χ3v) is 2.45. The van der Waals surface area contributed by atoms with Gasteiger partial charge in [0.2, 0.25) is 0 Å². The van der Waals surface area contributed by atoms with Gasteiger partial charge in [0.15, 0.2) is 0 Å². The summed E-state index contributed by atoms with van der Waals surface area (Å²) < 4.78 is 4.95. The molecule has 0 unspecified atom stereocenters. The van der Waals surface area contributed by atoms with E-state index in [1.54, 1.807) is 7.11 Å². The lowest BCUT2D eigenvalue weighted by molar-refractivity contribution is 0.0807. The molecule has 0 spiro atoms. The van der Waals surface area contributed by atoms with Gasteiger partial charge < -0.3 is 4.74 Å². The Morgan fingerprint density at radius 2 is 1.73 bits per heavy atom. The highest BCUT2D eigenvalue weighted by Gasteiger charge is 2.09.